The average molecular weight is 370 g/mol. The number of benzene rings is 1. The highest BCUT2D eigenvalue weighted by Crippen LogP contribution is 2.31. The van der Waals surface area contributed by atoms with Gasteiger partial charge in [0.25, 0.3) is 0 Å². The van der Waals surface area contributed by atoms with Crippen molar-refractivity contribution in [3.8, 4) is 0 Å². The van der Waals surface area contributed by atoms with E-state index >= 15 is 0 Å². The van der Waals surface area contributed by atoms with E-state index in [0.29, 0.717) is 10.8 Å². The van der Waals surface area contributed by atoms with Crippen LogP contribution in [0.5, 0.6) is 0 Å². The molecule has 2 heterocycles. The molecule has 0 aliphatic rings. The highest BCUT2D eigenvalue weighted by atomic mass is 32.1. The number of rotatable bonds is 6. The van der Waals surface area contributed by atoms with Crippen LogP contribution in [0.25, 0.3) is 0 Å². The van der Waals surface area contributed by atoms with Gasteiger partial charge in [-0.1, -0.05) is 25.1 Å². The minimum absolute atomic E-state index is 0.0111. The molecule has 0 aliphatic carbocycles. The lowest BCUT2D eigenvalue weighted by Crippen LogP contribution is -2.23. The van der Waals surface area contributed by atoms with Gasteiger partial charge in [-0.15, -0.1) is 11.3 Å². The number of furan rings is 1. The van der Waals surface area contributed by atoms with E-state index in [-0.39, 0.29) is 18.3 Å². The third-order valence-electron chi connectivity index (χ3n) is 3.73. The average Bonchev–Trinajstić information content (AvgIpc) is 3.32. The van der Waals surface area contributed by atoms with Crippen molar-refractivity contribution in [2.45, 2.75) is 26.9 Å². The number of hydrogen-bond acceptors (Lipinski definition) is 6. The Hall–Kier alpha value is -2.93. The van der Waals surface area contributed by atoms with Crippen LogP contribution < -0.4 is 4.90 Å². The van der Waals surface area contributed by atoms with Crippen LogP contribution in [0, 0.1) is 0 Å². The first-order valence-corrected chi connectivity index (χ1v) is 9.01. The van der Waals surface area contributed by atoms with E-state index in [2.05, 4.69) is 4.98 Å². The molecule has 6 nitrogen and oxygen atoms in total. The van der Waals surface area contributed by atoms with Gasteiger partial charge in [0.1, 0.15) is 6.61 Å². The third-order valence-corrected chi connectivity index (χ3v) is 4.61. The largest absolute Gasteiger partial charge is 0.457 e. The Morgan fingerprint density at radius 1 is 1.23 bits per heavy atom. The Kier molecular flexibility index (Phi) is 5.48. The fourth-order valence-corrected chi connectivity index (χ4v) is 3.37. The van der Waals surface area contributed by atoms with E-state index in [1.165, 1.54) is 30.6 Å². The molecule has 26 heavy (non-hydrogen) atoms. The van der Waals surface area contributed by atoms with Gasteiger partial charge in [0.2, 0.25) is 11.7 Å². The van der Waals surface area contributed by atoms with Gasteiger partial charge in [-0.2, -0.15) is 0 Å². The highest BCUT2D eigenvalue weighted by Gasteiger charge is 2.20. The van der Waals surface area contributed by atoms with E-state index in [1.807, 2.05) is 31.2 Å². The number of carbonyl (C=O) groups is 2. The van der Waals surface area contributed by atoms with Gasteiger partial charge >= 0.3 is 5.97 Å². The molecular weight excluding hydrogens is 352 g/mol. The Bertz CT molecular complexity index is 902. The number of aryl methyl sites for hydroxylation is 1. The van der Waals surface area contributed by atoms with Gasteiger partial charge in [0.15, 0.2) is 5.13 Å². The molecule has 134 valence electrons. The first-order valence-electron chi connectivity index (χ1n) is 8.13. The van der Waals surface area contributed by atoms with Crippen LogP contribution in [0.2, 0.25) is 0 Å². The summed E-state index contributed by atoms with van der Waals surface area (Å²) in [6, 6.07) is 10.9. The van der Waals surface area contributed by atoms with Crippen LogP contribution >= 0.6 is 11.3 Å². The lowest BCUT2D eigenvalue weighted by Gasteiger charge is -2.20. The van der Waals surface area contributed by atoms with Crippen molar-refractivity contribution in [3.63, 3.8) is 0 Å². The SMILES string of the molecule is CCc1ccccc1N(C(C)=O)c1nc(COC(=O)c2ccco2)cs1. The maximum Gasteiger partial charge on any atom is 0.374 e. The topological polar surface area (TPSA) is 72.6 Å². The summed E-state index contributed by atoms with van der Waals surface area (Å²) < 4.78 is 10.2. The second-order valence-corrected chi connectivity index (χ2v) is 6.35. The molecule has 2 aromatic heterocycles. The fraction of sp³-hybridized carbons (Fsp3) is 0.211. The molecule has 0 aliphatic heterocycles. The molecule has 0 radical (unpaired) electrons. The van der Waals surface area contributed by atoms with Crippen LogP contribution in [0.1, 0.15) is 35.7 Å². The molecular formula is C19H18N2O4S. The summed E-state index contributed by atoms with van der Waals surface area (Å²) in [6.07, 6.45) is 2.21. The maximum absolute atomic E-state index is 12.2. The molecule has 0 saturated carbocycles. The van der Waals surface area contributed by atoms with Gasteiger partial charge in [0.05, 0.1) is 17.6 Å². The van der Waals surface area contributed by atoms with Gasteiger partial charge < -0.3 is 9.15 Å². The molecule has 0 fully saturated rings. The summed E-state index contributed by atoms with van der Waals surface area (Å²) in [7, 11) is 0. The zero-order chi connectivity index (χ0) is 18.5. The van der Waals surface area contributed by atoms with Crippen molar-refractivity contribution >= 4 is 34.0 Å². The Labute approximate surface area is 155 Å². The van der Waals surface area contributed by atoms with E-state index < -0.39 is 5.97 Å². The van der Waals surface area contributed by atoms with Crippen LogP contribution in [0.3, 0.4) is 0 Å². The van der Waals surface area contributed by atoms with Crippen LogP contribution in [0.4, 0.5) is 10.8 Å². The monoisotopic (exact) mass is 370 g/mol. The van der Waals surface area contributed by atoms with Gasteiger partial charge in [-0.3, -0.25) is 9.69 Å². The van der Waals surface area contributed by atoms with Crippen LogP contribution in [-0.4, -0.2) is 16.9 Å². The summed E-state index contributed by atoms with van der Waals surface area (Å²) >= 11 is 1.33. The summed E-state index contributed by atoms with van der Waals surface area (Å²) in [5.74, 6) is -0.536. The van der Waals surface area contributed by atoms with Crippen LogP contribution in [0.15, 0.2) is 52.5 Å². The zero-order valence-corrected chi connectivity index (χ0v) is 15.3. The van der Waals surface area contributed by atoms with Crippen molar-refractivity contribution in [3.05, 3.63) is 65.1 Å². The number of anilines is 2. The van der Waals surface area contributed by atoms with Crippen LogP contribution in [-0.2, 0) is 22.6 Å². The predicted octanol–water partition coefficient (Wildman–Crippen LogP) is 4.34. The number of thiazole rings is 1. The molecule has 7 heteroatoms. The Balaban J connectivity index is 1.78. The second kappa shape index (κ2) is 7.97. The number of ether oxygens (including phenoxy) is 1. The first kappa shape index (κ1) is 17.9. The molecule has 0 atom stereocenters. The minimum Gasteiger partial charge on any atom is -0.457 e. The first-order chi connectivity index (χ1) is 12.6. The molecule has 0 saturated heterocycles. The number of esters is 1. The van der Waals surface area contributed by atoms with E-state index in [9.17, 15) is 9.59 Å². The zero-order valence-electron chi connectivity index (χ0n) is 14.5. The quantitative estimate of drug-likeness (QED) is 0.604. The molecule has 0 N–H and O–H groups in total. The second-order valence-electron chi connectivity index (χ2n) is 5.51. The Morgan fingerprint density at radius 2 is 2.04 bits per heavy atom. The van der Waals surface area contributed by atoms with E-state index in [4.69, 9.17) is 9.15 Å². The summed E-state index contributed by atoms with van der Waals surface area (Å²) in [4.78, 5) is 30.1. The summed E-state index contributed by atoms with van der Waals surface area (Å²) in [5, 5.41) is 2.32. The third kappa shape index (κ3) is 3.83. The number of nitrogens with zero attached hydrogens (tertiary/aromatic N) is 2. The van der Waals surface area contributed by atoms with Gasteiger partial charge in [-0.25, -0.2) is 9.78 Å². The molecule has 1 aromatic carbocycles. The standard InChI is InChI=1S/C19H18N2O4S/c1-3-14-7-4-5-8-16(14)21(13(2)22)19-20-15(12-26-19)11-25-18(23)17-9-6-10-24-17/h4-10,12H,3,11H2,1-2H3. The lowest BCUT2D eigenvalue weighted by molar-refractivity contribution is -0.115. The molecule has 0 unspecified atom stereocenters. The predicted molar refractivity (Wildman–Crippen MR) is 98.6 cm³/mol. The van der Waals surface area contributed by atoms with Crippen molar-refractivity contribution in [1.29, 1.82) is 0 Å². The molecule has 1 amide bonds. The van der Waals surface area contributed by atoms with Crippen molar-refractivity contribution in [2.75, 3.05) is 4.90 Å². The van der Waals surface area contributed by atoms with Gasteiger partial charge in [-0.05, 0) is 30.2 Å². The smallest absolute Gasteiger partial charge is 0.374 e. The molecule has 0 bridgehead atoms. The van der Waals surface area contributed by atoms with Crippen molar-refractivity contribution in [1.82, 2.24) is 4.98 Å². The van der Waals surface area contributed by atoms with E-state index in [1.54, 1.807) is 16.3 Å². The fourth-order valence-electron chi connectivity index (χ4n) is 2.51. The molecule has 0 spiro atoms. The van der Waals surface area contributed by atoms with Gasteiger partial charge in [0, 0.05) is 12.3 Å². The van der Waals surface area contributed by atoms with E-state index in [0.717, 1.165) is 17.7 Å². The molecule has 3 rings (SSSR count). The summed E-state index contributed by atoms with van der Waals surface area (Å²) in [5.41, 5.74) is 2.45. The number of carbonyl (C=O) groups excluding carboxylic acids is 2. The summed E-state index contributed by atoms with van der Waals surface area (Å²) in [6.45, 7) is 3.56. The van der Waals surface area contributed by atoms with Crippen molar-refractivity contribution < 1.29 is 18.7 Å². The number of amides is 1. The minimum atomic E-state index is -0.552. The number of para-hydroxylation sites is 1. The molecule has 3 aromatic rings. The lowest BCUT2D eigenvalue weighted by atomic mass is 10.1. The number of aromatic nitrogens is 1. The number of hydrogen-bond donors (Lipinski definition) is 0. The maximum atomic E-state index is 12.2. The van der Waals surface area contributed by atoms with Crippen molar-refractivity contribution in [2.24, 2.45) is 0 Å². The normalized spacial score (nSPS) is 10.5. The Morgan fingerprint density at radius 3 is 2.73 bits per heavy atom. The highest BCUT2D eigenvalue weighted by molar-refractivity contribution is 7.14.